The number of unbranched alkanes of at least 4 members (excludes halogenated alkanes) is 1. The van der Waals surface area contributed by atoms with E-state index >= 15 is 0 Å². The molecule has 0 fully saturated rings. The minimum atomic E-state index is -0.239. The molecule has 2 aromatic rings. The standard InChI is InChI=1S/C15H20FN3/c1-3-4-5-13(17)15-18-10(2)14(19-15)11-6-8-12(16)9-7-11/h6-9,13H,3-5,17H2,1-2H3,(H,18,19). The number of nitrogens with two attached hydrogens (primary N) is 1. The summed E-state index contributed by atoms with van der Waals surface area (Å²) in [5.41, 5.74) is 8.83. The molecule has 0 radical (unpaired) electrons. The van der Waals surface area contributed by atoms with E-state index < -0.39 is 0 Å². The van der Waals surface area contributed by atoms with E-state index in [0.717, 1.165) is 42.0 Å². The molecule has 0 saturated carbocycles. The molecule has 0 aliphatic rings. The fraction of sp³-hybridized carbons (Fsp3) is 0.400. The molecule has 1 aromatic carbocycles. The Balaban J connectivity index is 2.23. The first kappa shape index (κ1) is 13.7. The van der Waals surface area contributed by atoms with Crippen LogP contribution in [-0.2, 0) is 0 Å². The average molecular weight is 261 g/mol. The van der Waals surface area contributed by atoms with Crippen LogP contribution in [0.5, 0.6) is 0 Å². The van der Waals surface area contributed by atoms with Crippen LogP contribution in [0.15, 0.2) is 24.3 Å². The van der Waals surface area contributed by atoms with Crippen LogP contribution < -0.4 is 5.73 Å². The zero-order valence-electron chi connectivity index (χ0n) is 11.4. The molecule has 1 aromatic heterocycles. The lowest BCUT2D eigenvalue weighted by Crippen LogP contribution is -2.11. The van der Waals surface area contributed by atoms with Crippen LogP contribution in [0.25, 0.3) is 11.3 Å². The van der Waals surface area contributed by atoms with E-state index in [1.54, 1.807) is 12.1 Å². The van der Waals surface area contributed by atoms with Crippen molar-refractivity contribution < 1.29 is 4.39 Å². The van der Waals surface area contributed by atoms with E-state index in [4.69, 9.17) is 5.73 Å². The smallest absolute Gasteiger partial charge is 0.123 e. The Morgan fingerprint density at radius 1 is 1.32 bits per heavy atom. The fourth-order valence-corrected chi connectivity index (χ4v) is 2.11. The summed E-state index contributed by atoms with van der Waals surface area (Å²) in [5.74, 6) is 0.571. The second kappa shape index (κ2) is 5.97. The van der Waals surface area contributed by atoms with Crippen LogP contribution in [0, 0.1) is 12.7 Å². The van der Waals surface area contributed by atoms with Gasteiger partial charge in [0.2, 0.25) is 0 Å². The number of rotatable bonds is 5. The van der Waals surface area contributed by atoms with Gasteiger partial charge in [0.15, 0.2) is 0 Å². The molecule has 0 saturated heterocycles. The fourth-order valence-electron chi connectivity index (χ4n) is 2.11. The van der Waals surface area contributed by atoms with Gasteiger partial charge in [0.1, 0.15) is 11.6 Å². The highest BCUT2D eigenvalue weighted by Crippen LogP contribution is 2.24. The third-order valence-electron chi connectivity index (χ3n) is 3.24. The first-order valence-corrected chi connectivity index (χ1v) is 6.69. The molecular weight excluding hydrogens is 241 g/mol. The Kier molecular flexibility index (Phi) is 4.32. The van der Waals surface area contributed by atoms with E-state index in [9.17, 15) is 4.39 Å². The zero-order chi connectivity index (χ0) is 13.8. The zero-order valence-corrected chi connectivity index (χ0v) is 11.4. The number of benzene rings is 1. The van der Waals surface area contributed by atoms with Crippen LogP contribution in [0.4, 0.5) is 4.39 Å². The van der Waals surface area contributed by atoms with Crippen LogP contribution in [-0.4, -0.2) is 9.97 Å². The summed E-state index contributed by atoms with van der Waals surface area (Å²) in [6.45, 7) is 4.10. The number of aromatic nitrogens is 2. The first-order valence-electron chi connectivity index (χ1n) is 6.69. The number of imidazole rings is 1. The van der Waals surface area contributed by atoms with Gasteiger partial charge in [-0.05, 0) is 37.6 Å². The highest BCUT2D eigenvalue weighted by molar-refractivity contribution is 5.61. The summed E-state index contributed by atoms with van der Waals surface area (Å²) in [7, 11) is 0. The lowest BCUT2D eigenvalue weighted by Gasteiger charge is -2.06. The van der Waals surface area contributed by atoms with Gasteiger partial charge in [0.25, 0.3) is 0 Å². The number of nitrogens with one attached hydrogen (secondary N) is 1. The van der Waals surface area contributed by atoms with Crippen molar-refractivity contribution in [1.29, 1.82) is 0 Å². The van der Waals surface area contributed by atoms with Crippen LogP contribution in [0.1, 0.15) is 43.7 Å². The Labute approximate surface area is 113 Å². The molecule has 3 N–H and O–H groups in total. The summed E-state index contributed by atoms with van der Waals surface area (Å²) in [6, 6.07) is 6.30. The van der Waals surface area contributed by atoms with Gasteiger partial charge in [-0.1, -0.05) is 19.8 Å². The summed E-state index contributed by atoms with van der Waals surface area (Å²) in [4.78, 5) is 7.80. The quantitative estimate of drug-likeness (QED) is 0.862. The monoisotopic (exact) mass is 261 g/mol. The first-order chi connectivity index (χ1) is 9.11. The maximum absolute atomic E-state index is 12.9. The number of hydrogen-bond acceptors (Lipinski definition) is 2. The van der Waals surface area contributed by atoms with Crippen molar-refractivity contribution in [2.75, 3.05) is 0 Å². The van der Waals surface area contributed by atoms with E-state index in [1.165, 1.54) is 12.1 Å². The summed E-state index contributed by atoms with van der Waals surface area (Å²) < 4.78 is 12.9. The molecule has 0 bridgehead atoms. The van der Waals surface area contributed by atoms with Crippen molar-refractivity contribution in [3.63, 3.8) is 0 Å². The molecule has 0 aliphatic carbocycles. The van der Waals surface area contributed by atoms with Crippen LogP contribution >= 0.6 is 0 Å². The third kappa shape index (κ3) is 3.20. The minimum Gasteiger partial charge on any atom is -0.344 e. The molecule has 0 aliphatic heterocycles. The van der Waals surface area contributed by atoms with Crippen molar-refractivity contribution in [2.24, 2.45) is 5.73 Å². The number of halogens is 1. The second-order valence-electron chi connectivity index (χ2n) is 4.85. The van der Waals surface area contributed by atoms with Gasteiger partial charge in [0.05, 0.1) is 11.7 Å². The van der Waals surface area contributed by atoms with Gasteiger partial charge in [-0.3, -0.25) is 0 Å². The highest BCUT2D eigenvalue weighted by atomic mass is 19.1. The molecule has 3 nitrogen and oxygen atoms in total. The largest absolute Gasteiger partial charge is 0.344 e. The Hall–Kier alpha value is -1.68. The van der Waals surface area contributed by atoms with Crippen molar-refractivity contribution in [3.05, 3.63) is 41.6 Å². The van der Waals surface area contributed by atoms with Crippen molar-refractivity contribution >= 4 is 0 Å². The third-order valence-corrected chi connectivity index (χ3v) is 3.24. The maximum Gasteiger partial charge on any atom is 0.123 e. The van der Waals surface area contributed by atoms with Crippen LogP contribution in [0.2, 0.25) is 0 Å². The summed E-state index contributed by atoms with van der Waals surface area (Å²) in [5, 5.41) is 0. The molecule has 1 heterocycles. The molecule has 0 spiro atoms. The molecule has 19 heavy (non-hydrogen) atoms. The van der Waals surface area contributed by atoms with Gasteiger partial charge in [-0.25, -0.2) is 9.37 Å². The topological polar surface area (TPSA) is 54.7 Å². The summed E-state index contributed by atoms with van der Waals surface area (Å²) >= 11 is 0. The van der Waals surface area contributed by atoms with Crippen molar-refractivity contribution in [2.45, 2.75) is 39.2 Å². The van der Waals surface area contributed by atoms with Gasteiger partial charge >= 0.3 is 0 Å². The minimum absolute atomic E-state index is 0.0622. The maximum atomic E-state index is 12.9. The molecule has 1 atom stereocenters. The van der Waals surface area contributed by atoms with Crippen LogP contribution in [0.3, 0.4) is 0 Å². The molecule has 1 unspecified atom stereocenters. The van der Waals surface area contributed by atoms with E-state index in [1.807, 2.05) is 6.92 Å². The lowest BCUT2D eigenvalue weighted by atomic mass is 10.1. The number of nitrogens with zero attached hydrogens (tertiary/aromatic N) is 1. The predicted octanol–water partition coefficient (Wildman–Crippen LogP) is 3.71. The predicted molar refractivity (Wildman–Crippen MR) is 75.2 cm³/mol. The SMILES string of the molecule is CCCCC(N)c1nc(-c2ccc(F)cc2)c(C)[nH]1. The number of aromatic amines is 1. The average Bonchev–Trinajstić information content (AvgIpc) is 2.79. The Morgan fingerprint density at radius 2 is 2.00 bits per heavy atom. The summed E-state index contributed by atoms with van der Waals surface area (Å²) in [6.07, 6.45) is 3.14. The molecule has 102 valence electrons. The Morgan fingerprint density at radius 3 is 2.63 bits per heavy atom. The van der Waals surface area contributed by atoms with Crippen molar-refractivity contribution in [3.8, 4) is 11.3 Å². The molecule has 0 amide bonds. The normalized spacial score (nSPS) is 12.6. The van der Waals surface area contributed by atoms with Gasteiger partial charge < -0.3 is 10.7 Å². The number of H-pyrrole nitrogens is 1. The van der Waals surface area contributed by atoms with E-state index in [2.05, 4.69) is 16.9 Å². The van der Waals surface area contributed by atoms with Gasteiger partial charge in [-0.2, -0.15) is 0 Å². The van der Waals surface area contributed by atoms with E-state index in [0.29, 0.717) is 0 Å². The molecule has 2 rings (SSSR count). The second-order valence-corrected chi connectivity index (χ2v) is 4.85. The number of aryl methyl sites for hydroxylation is 1. The lowest BCUT2D eigenvalue weighted by molar-refractivity contribution is 0.579. The Bertz CT molecular complexity index is 531. The van der Waals surface area contributed by atoms with E-state index in [-0.39, 0.29) is 11.9 Å². The van der Waals surface area contributed by atoms with Crippen molar-refractivity contribution in [1.82, 2.24) is 9.97 Å². The van der Waals surface area contributed by atoms with Gasteiger partial charge in [0, 0.05) is 11.3 Å². The molecular formula is C15H20FN3. The highest BCUT2D eigenvalue weighted by Gasteiger charge is 2.14. The van der Waals surface area contributed by atoms with Gasteiger partial charge in [-0.15, -0.1) is 0 Å². The number of hydrogen-bond donors (Lipinski definition) is 2. The molecule has 4 heteroatoms.